The van der Waals surface area contributed by atoms with E-state index in [0.717, 1.165) is 5.56 Å². The molecule has 3 rings (SSSR count). The minimum atomic E-state index is -0.465. The number of nitrogens with one attached hydrogen (secondary N) is 1. The minimum Gasteiger partial charge on any atom is -0.465 e. The van der Waals surface area contributed by atoms with E-state index in [9.17, 15) is 9.59 Å². The number of H-pyrrole nitrogens is 1. The third-order valence-electron chi connectivity index (χ3n) is 4.67. The Labute approximate surface area is 177 Å². The average Bonchev–Trinajstić information content (AvgIpc) is 3.20. The topological polar surface area (TPSA) is 89.9 Å². The van der Waals surface area contributed by atoms with Crippen LogP contribution in [-0.4, -0.2) is 43.9 Å². The Morgan fingerprint density at radius 1 is 1.24 bits per heavy atom. The van der Waals surface area contributed by atoms with Crippen LogP contribution in [0.3, 0.4) is 0 Å². The van der Waals surface area contributed by atoms with E-state index in [1.807, 2.05) is 29.8 Å². The van der Waals surface area contributed by atoms with Crippen molar-refractivity contribution in [1.29, 1.82) is 0 Å². The highest BCUT2D eigenvalue weighted by molar-refractivity contribution is 8.00. The second kappa shape index (κ2) is 8.42. The lowest BCUT2D eigenvalue weighted by atomic mass is 10.1. The number of carbonyl (C=O) groups is 2. The number of nitrogens with zero attached hydrogens (tertiary/aromatic N) is 3. The predicted molar refractivity (Wildman–Crippen MR) is 113 cm³/mol. The molecule has 0 fully saturated rings. The van der Waals surface area contributed by atoms with Crippen LogP contribution in [0.15, 0.2) is 29.4 Å². The van der Waals surface area contributed by atoms with Crippen LogP contribution in [-0.2, 0) is 11.8 Å². The van der Waals surface area contributed by atoms with Gasteiger partial charge in [-0.15, -0.1) is 10.2 Å². The van der Waals surface area contributed by atoms with Crippen LogP contribution in [0.2, 0.25) is 5.02 Å². The number of aromatic nitrogens is 4. The van der Waals surface area contributed by atoms with E-state index < -0.39 is 11.2 Å². The molecule has 0 aliphatic carbocycles. The van der Waals surface area contributed by atoms with Crippen molar-refractivity contribution in [3.05, 3.63) is 51.8 Å². The first-order chi connectivity index (χ1) is 13.8. The van der Waals surface area contributed by atoms with Gasteiger partial charge in [0.15, 0.2) is 16.8 Å². The van der Waals surface area contributed by atoms with Gasteiger partial charge in [-0.05, 0) is 38.5 Å². The van der Waals surface area contributed by atoms with Crippen LogP contribution in [0.5, 0.6) is 0 Å². The fraction of sp³-hybridized carbons (Fsp3) is 0.300. The molecule has 0 saturated carbocycles. The van der Waals surface area contributed by atoms with Crippen molar-refractivity contribution in [2.45, 2.75) is 31.2 Å². The smallest absolute Gasteiger partial charge is 0.339 e. The number of rotatable bonds is 6. The second-order valence-corrected chi connectivity index (χ2v) is 8.30. The van der Waals surface area contributed by atoms with Gasteiger partial charge in [-0.2, -0.15) is 0 Å². The van der Waals surface area contributed by atoms with Crippen LogP contribution in [0.1, 0.15) is 39.0 Å². The number of Topliss-reactive ketones (excluding diaryl/α,β-unsaturated/α-hetero) is 1. The first-order valence-electron chi connectivity index (χ1n) is 8.88. The number of ketones is 1. The molecule has 2 aromatic heterocycles. The molecule has 29 heavy (non-hydrogen) atoms. The highest BCUT2D eigenvalue weighted by Crippen LogP contribution is 2.31. The zero-order valence-electron chi connectivity index (χ0n) is 16.7. The third-order valence-corrected chi connectivity index (χ3v) is 6.14. The summed E-state index contributed by atoms with van der Waals surface area (Å²) in [7, 11) is 3.15. The summed E-state index contributed by atoms with van der Waals surface area (Å²) in [6.45, 7) is 5.27. The van der Waals surface area contributed by atoms with Crippen molar-refractivity contribution in [2.75, 3.05) is 7.11 Å². The summed E-state index contributed by atoms with van der Waals surface area (Å²) >= 11 is 7.56. The number of esters is 1. The van der Waals surface area contributed by atoms with Gasteiger partial charge in [0.2, 0.25) is 0 Å². The van der Waals surface area contributed by atoms with Crippen molar-refractivity contribution in [3.8, 4) is 11.4 Å². The van der Waals surface area contributed by atoms with Crippen LogP contribution in [0.25, 0.3) is 11.4 Å². The van der Waals surface area contributed by atoms with Gasteiger partial charge in [-0.25, -0.2) is 4.79 Å². The lowest BCUT2D eigenvalue weighted by molar-refractivity contribution is 0.0599. The van der Waals surface area contributed by atoms with Gasteiger partial charge in [-0.1, -0.05) is 35.5 Å². The quantitative estimate of drug-likeness (QED) is 0.356. The highest BCUT2D eigenvalue weighted by Gasteiger charge is 2.27. The van der Waals surface area contributed by atoms with Crippen molar-refractivity contribution in [2.24, 2.45) is 7.05 Å². The molecule has 0 radical (unpaired) electrons. The molecule has 0 saturated heterocycles. The molecule has 1 N–H and O–H groups in total. The van der Waals surface area contributed by atoms with Crippen LogP contribution < -0.4 is 0 Å². The Hall–Kier alpha value is -2.58. The molecule has 0 amide bonds. The fourth-order valence-electron chi connectivity index (χ4n) is 3.11. The summed E-state index contributed by atoms with van der Waals surface area (Å²) in [6, 6.07) is 7.39. The number of aryl methyl sites for hydroxylation is 1. The normalized spacial score (nSPS) is 12.1. The molecular weight excluding hydrogens is 412 g/mol. The lowest BCUT2D eigenvalue weighted by Crippen LogP contribution is -2.16. The van der Waals surface area contributed by atoms with E-state index in [4.69, 9.17) is 16.3 Å². The zero-order valence-corrected chi connectivity index (χ0v) is 18.3. The summed E-state index contributed by atoms with van der Waals surface area (Å²) in [5, 5.41) is 9.17. The van der Waals surface area contributed by atoms with E-state index in [-0.39, 0.29) is 5.78 Å². The van der Waals surface area contributed by atoms with E-state index in [0.29, 0.717) is 38.5 Å². The van der Waals surface area contributed by atoms with Crippen molar-refractivity contribution >= 4 is 35.1 Å². The Kier molecular flexibility index (Phi) is 6.14. The number of carbonyl (C=O) groups excluding carboxylic acids is 2. The summed E-state index contributed by atoms with van der Waals surface area (Å²) in [5.41, 5.74) is 2.76. The van der Waals surface area contributed by atoms with Crippen LogP contribution in [0.4, 0.5) is 0 Å². The molecule has 2 heterocycles. The average molecular weight is 433 g/mol. The van der Waals surface area contributed by atoms with E-state index >= 15 is 0 Å². The molecule has 1 unspecified atom stereocenters. The summed E-state index contributed by atoms with van der Waals surface area (Å²) in [4.78, 5) is 28.0. The van der Waals surface area contributed by atoms with Gasteiger partial charge in [0.1, 0.15) is 0 Å². The van der Waals surface area contributed by atoms with Gasteiger partial charge < -0.3 is 14.3 Å². The number of thioether (sulfide) groups is 1. The summed E-state index contributed by atoms with van der Waals surface area (Å²) in [5.74, 6) is 0.0268. The number of halogens is 1. The molecule has 7 nitrogen and oxygen atoms in total. The molecular formula is C20H21ClN4O3S. The third kappa shape index (κ3) is 3.95. The van der Waals surface area contributed by atoms with Crippen LogP contribution >= 0.6 is 23.4 Å². The van der Waals surface area contributed by atoms with Gasteiger partial charge in [-0.3, -0.25) is 4.79 Å². The number of hydrogen-bond acceptors (Lipinski definition) is 6. The van der Waals surface area contributed by atoms with E-state index in [1.54, 1.807) is 26.8 Å². The van der Waals surface area contributed by atoms with E-state index in [1.165, 1.54) is 18.9 Å². The molecule has 152 valence electrons. The van der Waals surface area contributed by atoms with Crippen molar-refractivity contribution in [1.82, 2.24) is 19.7 Å². The predicted octanol–water partition coefficient (Wildman–Crippen LogP) is 4.23. The van der Waals surface area contributed by atoms with Crippen LogP contribution in [0, 0.1) is 13.8 Å². The Morgan fingerprint density at radius 3 is 2.59 bits per heavy atom. The second-order valence-electron chi connectivity index (χ2n) is 6.59. The van der Waals surface area contributed by atoms with Crippen molar-refractivity contribution < 1.29 is 14.3 Å². The molecule has 1 atom stereocenters. The standard InChI is InChI=1S/C20H21ClN4O3S/c1-10-15(19(27)28-5)11(2)22-16(10)17(26)12(3)29-20-24-23-18(25(20)4)13-8-6-7-9-14(13)21/h6-9,12,22H,1-5H3. The SMILES string of the molecule is COC(=O)c1c(C)[nH]c(C(=O)C(C)Sc2nnc(-c3ccccc3Cl)n2C)c1C. The van der Waals surface area contributed by atoms with Gasteiger partial charge in [0, 0.05) is 18.3 Å². The zero-order chi connectivity index (χ0) is 21.3. The number of ether oxygens (including phenoxy) is 1. The molecule has 0 aliphatic heterocycles. The highest BCUT2D eigenvalue weighted by atomic mass is 35.5. The first kappa shape index (κ1) is 21.1. The first-order valence-corrected chi connectivity index (χ1v) is 10.1. The Morgan fingerprint density at radius 2 is 1.93 bits per heavy atom. The molecule has 3 aromatic rings. The van der Waals surface area contributed by atoms with Gasteiger partial charge >= 0.3 is 5.97 Å². The largest absolute Gasteiger partial charge is 0.465 e. The summed E-state index contributed by atoms with van der Waals surface area (Å²) in [6.07, 6.45) is 0. The lowest BCUT2D eigenvalue weighted by Gasteiger charge is -2.10. The maximum absolute atomic E-state index is 13.0. The van der Waals surface area contributed by atoms with Gasteiger partial charge in [0.05, 0.1) is 28.6 Å². The Bertz CT molecular complexity index is 1090. The van der Waals surface area contributed by atoms with Gasteiger partial charge in [0.25, 0.3) is 0 Å². The Balaban J connectivity index is 1.85. The molecule has 9 heteroatoms. The summed E-state index contributed by atoms with van der Waals surface area (Å²) < 4.78 is 6.62. The maximum Gasteiger partial charge on any atom is 0.339 e. The molecule has 0 spiro atoms. The number of methoxy groups -OCH3 is 1. The molecule has 1 aromatic carbocycles. The minimum absolute atomic E-state index is 0.131. The van der Waals surface area contributed by atoms with Crippen molar-refractivity contribution in [3.63, 3.8) is 0 Å². The fourth-order valence-corrected chi connectivity index (χ4v) is 4.21. The monoisotopic (exact) mass is 432 g/mol. The molecule has 0 aliphatic rings. The number of hydrogen-bond donors (Lipinski definition) is 1. The maximum atomic E-state index is 13.0. The number of aromatic amines is 1. The number of benzene rings is 1. The van der Waals surface area contributed by atoms with E-state index in [2.05, 4.69) is 15.2 Å². The molecule has 0 bridgehead atoms.